The molecule has 2 rings (SSSR count). The Balaban J connectivity index is 1.75. The molecule has 6 nitrogen and oxygen atoms in total. The molecule has 1 aromatic rings. The Labute approximate surface area is 88.5 Å². The summed E-state index contributed by atoms with van der Waals surface area (Å²) in [4.78, 5) is 4.31. The summed E-state index contributed by atoms with van der Waals surface area (Å²) in [5.74, 6) is 6.01. The van der Waals surface area contributed by atoms with Crippen molar-refractivity contribution in [2.45, 2.75) is 25.4 Å². The van der Waals surface area contributed by atoms with Crippen LogP contribution in [0.4, 0.5) is 0 Å². The van der Waals surface area contributed by atoms with E-state index < -0.39 is 0 Å². The second-order valence-electron chi connectivity index (χ2n) is 3.56. The van der Waals surface area contributed by atoms with Crippen molar-refractivity contribution >= 4 is 5.96 Å². The molecule has 0 aliphatic heterocycles. The van der Waals surface area contributed by atoms with E-state index in [0.29, 0.717) is 18.5 Å². The van der Waals surface area contributed by atoms with E-state index in [1.54, 1.807) is 6.20 Å². The number of rotatable bonds is 4. The third kappa shape index (κ3) is 3.25. The summed E-state index contributed by atoms with van der Waals surface area (Å²) in [7, 11) is 0. The maximum atomic E-state index is 5.34. The van der Waals surface area contributed by atoms with E-state index in [-0.39, 0.29) is 0 Å². The van der Waals surface area contributed by atoms with Gasteiger partial charge in [-0.2, -0.15) is 5.10 Å². The molecule has 1 heterocycles. The molecule has 0 bridgehead atoms. The van der Waals surface area contributed by atoms with Crippen molar-refractivity contribution in [3.05, 3.63) is 18.5 Å². The van der Waals surface area contributed by atoms with Crippen LogP contribution in [-0.2, 0) is 6.54 Å². The Morgan fingerprint density at radius 2 is 2.47 bits per heavy atom. The van der Waals surface area contributed by atoms with Crippen LogP contribution >= 0.6 is 0 Å². The molecule has 0 saturated heterocycles. The largest absolute Gasteiger partial charge is 0.353 e. The number of nitrogens with zero attached hydrogens (tertiary/aromatic N) is 3. The topological polar surface area (TPSA) is 80.3 Å². The molecule has 6 heteroatoms. The van der Waals surface area contributed by atoms with Crippen molar-refractivity contribution < 1.29 is 0 Å². The van der Waals surface area contributed by atoms with Gasteiger partial charge < -0.3 is 5.32 Å². The Morgan fingerprint density at radius 3 is 3.07 bits per heavy atom. The van der Waals surface area contributed by atoms with Crippen molar-refractivity contribution in [3.8, 4) is 0 Å². The van der Waals surface area contributed by atoms with Crippen LogP contribution < -0.4 is 16.6 Å². The van der Waals surface area contributed by atoms with Crippen molar-refractivity contribution in [2.24, 2.45) is 10.8 Å². The molecule has 4 N–H and O–H groups in total. The molecule has 15 heavy (non-hydrogen) atoms. The number of guanidine groups is 1. The summed E-state index contributed by atoms with van der Waals surface area (Å²) in [5.41, 5.74) is 2.56. The van der Waals surface area contributed by atoms with Gasteiger partial charge in [-0.1, -0.05) is 0 Å². The van der Waals surface area contributed by atoms with Gasteiger partial charge in [0.05, 0.1) is 13.1 Å². The Kier molecular flexibility index (Phi) is 3.18. The average Bonchev–Trinajstić information content (AvgIpc) is 2.91. The Bertz CT molecular complexity index is 313. The smallest absolute Gasteiger partial charge is 0.206 e. The van der Waals surface area contributed by atoms with Gasteiger partial charge in [-0.3, -0.25) is 15.1 Å². The van der Waals surface area contributed by atoms with Gasteiger partial charge in [0.25, 0.3) is 0 Å². The summed E-state index contributed by atoms with van der Waals surface area (Å²) >= 11 is 0. The average molecular weight is 208 g/mol. The maximum Gasteiger partial charge on any atom is 0.206 e. The van der Waals surface area contributed by atoms with E-state index >= 15 is 0 Å². The van der Waals surface area contributed by atoms with Crippen LogP contribution in [-0.4, -0.2) is 28.3 Å². The van der Waals surface area contributed by atoms with Gasteiger partial charge in [0.2, 0.25) is 5.96 Å². The van der Waals surface area contributed by atoms with Crippen molar-refractivity contribution in [2.75, 3.05) is 6.54 Å². The molecular formula is C9H16N6. The molecule has 1 aliphatic rings. The van der Waals surface area contributed by atoms with Crippen molar-refractivity contribution in [3.63, 3.8) is 0 Å². The lowest BCUT2D eigenvalue weighted by atomic mass is 10.6. The molecule has 0 amide bonds. The monoisotopic (exact) mass is 208 g/mol. The fraction of sp³-hybridized carbons (Fsp3) is 0.556. The number of aromatic nitrogens is 2. The van der Waals surface area contributed by atoms with E-state index in [1.807, 2.05) is 16.9 Å². The lowest BCUT2D eigenvalue weighted by Gasteiger charge is -2.07. The molecule has 0 radical (unpaired) electrons. The molecule has 82 valence electrons. The minimum absolute atomic E-state index is 0.560. The normalized spacial score (nSPS) is 16.5. The van der Waals surface area contributed by atoms with E-state index in [1.165, 1.54) is 12.8 Å². The third-order valence-corrected chi connectivity index (χ3v) is 2.21. The number of hydrazine groups is 1. The third-order valence-electron chi connectivity index (χ3n) is 2.21. The summed E-state index contributed by atoms with van der Waals surface area (Å²) in [6, 6.07) is 2.46. The molecule has 0 atom stereocenters. The zero-order valence-corrected chi connectivity index (χ0v) is 8.56. The highest BCUT2D eigenvalue weighted by molar-refractivity contribution is 5.79. The van der Waals surface area contributed by atoms with Gasteiger partial charge in [-0.05, 0) is 18.9 Å². The quantitative estimate of drug-likeness (QED) is 0.268. The molecule has 1 aliphatic carbocycles. The van der Waals surface area contributed by atoms with Crippen LogP contribution in [0.3, 0.4) is 0 Å². The van der Waals surface area contributed by atoms with E-state index in [0.717, 1.165) is 6.54 Å². The molecule has 0 unspecified atom stereocenters. The van der Waals surface area contributed by atoms with Gasteiger partial charge in [-0.15, -0.1) is 0 Å². The molecule has 1 saturated carbocycles. The Morgan fingerprint density at radius 1 is 1.60 bits per heavy atom. The van der Waals surface area contributed by atoms with Crippen LogP contribution in [0.25, 0.3) is 0 Å². The molecule has 0 spiro atoms. The minimum Gasteiger partial charge on any atom is -0.353 e. The second-order valence-corrected chi connectivity index (χ2v) is 3.56. The van der Waals surface area contributed by atoms with E-state index in [2.05, 4.69) is 20.8 Å². The van der Waals surface area contributed by atoms with Gasteiger partial charge in [0.15, 0.2) is 0 Å². The highest BCUT2D eigenvalue weighted by atomic mass is 15.3. The van der Waals surface area contributed by atoms with Crippen LogP contribution in [0.2, 0.25) is 0 Å². The fourth-order valence-electron chi connectivity index (χ4n) is 1.25. The number of hydrogen-bond donors (Lipinski definition) is 3. The highest BCUT2D eigenvalue weighted by Crippen LogP contribution is 2.18. The number of hydrogen-bond acceptors (Lipinski definition) is 3. The SMILES string of the molecule is NNC(=NCCn1cccn1)NC1CC1. The number of nitrogens with one attached hydrogen (secondary N) is 2. The van der Waals surface area contributed by atoms with Gasteiger partial charge in [0, 0.05) is 18.4 Å². The zero-order chi connectivity index (χ0) is 10.5. The summed E-state index contributed by atoms with van der Waals surface area (Å²) < 4.78 is 1.84. The zero-order valence-electron chi connectivity index (χ0n) is 8.56. The predicted octanol–water partition coefficient (Wildman–Crippen LogP) is -0.546. The second kappa shape index (κ2) is 4.79. The van der Waals surface area contributed by atoms with E-state index in [9.17, 15) is 0 Å². The standard InChI is InChI=1S/C9H16N6/c10-14-9(13-8-2-3-8)11-5-7-15-6-1-4-12-15/h1,4,6,8H,2-3,5,7,10H2,(H2,11,13,14). The summed E-state index contributed by atoms with van der Waals surface area (Å²) in [6.45, 7) is 1.44. The van der Waals surface area contributed by atoms with Crippen LogP contribution in [0.5, 0.6) is 0 Å². The molecule has 1 fully saturated rings. The maximum absolute atomic E-state index is 5.34. The van der Waals surface area contributed by atoms with Crippen LogP contribution in [0.1, 0.15) is 12.8 Å². The fourth-order valence-corrected chi connectivity index (χ4v) is 1.25. The summed E-state index contributed by atoms with van der Waals surface area (Å²) in [6.07, 6.45) is 6.09. The predicted molar refractivity (Wildman–Crippen MR) is 58.0 cm³/mol. The lowest BCUT2D eigenvalue weighted by Crippen LogP contribution is -2.42. The molecular weight excluding hydrogens is 192 g/mol. The van der Waals surface area contributed by atoms with Crippen molar-refractivity contribution in [1.82, 2.24) is 20.5 Å². The van der Waals surface area contributed by atoms with Gasteiger partial charge >= 0.3 is 0 Å². The minimum atomic E-state index is 0.560. The first-order valence-corrected chi connectivity index (χ1v) is 5.13. The first-order chi connectivity index (χ1) is 7.38. The molecule has 1 aromatic heterocycles. The molecule has 0 aromatic carbocycles. The highest BCUT2D eigenvalue weighted by Gasteiger charge is 2.21. The first-order valence-electron chi connectivity index (χ1n) is 5.13. The van der Waals surface area contributed by atoms with Crippen LogP contribution in [0.15, 0.2) is 23.5 Å². The van der Waals surface area contributed by atoms with Gasteiger partial charge in [0.1, 0.15) is 0 Å². The Hall–Kier alpha value is -1.56. The lowest BCUT2D eigenvalue weighted by molar-refractivity contribution is 0.622. The number of aliphatic imine (C=N–C) groups is 1. The summed E-state index contributed by atoms with van der Waals surface area (Å²) in [5, 5.41) is 7.29. The van der Waals surface area contributed by atoms with Crippen molar-refractivity contribution in [1.29, 1.82) is 0 Å². The first kappa shape index (κ1) is 9.97. The van der Waals surface area contributed by atoms with E-state index in [4.69, 9.17) is 5.84 Å². The van der Waals surface area contributed by atoms with Crippen LogP contribution in [0, 0.1) is 0 Å². The number of nitrogens with two attached hydrogens (primary N) is 1. The van der Waals surface area contributed by atoms with Gasteiger partial charge in [-0.25, -0.2) is 5.84 Å².